The van der Waals surface area contributed by atoms with Crippen LogP contribution in [0, 0.1) is 0 Å². The van der Waals surface area contributed by atoms with Crippen LogP contribution in [-0.2, 0) is 4.79 Å². The van der Waals surface area contributed by atoms with Gasteiger partial charge in [-0.05, 0) is 18.4 Å². The Labute approximate surface area is 117 Å². The maximum atomic E-state index is 11.8. The summed E-state index contributed by atoms with van der Waals surface area (Å²) in [6.07, 6.45) is 0. The Morgan fingerprint density at radius 3 is 2.50 bits per heavy atom. The van der Waals surface area contributed by atoms with E-state index in [0.717, 1.165) is 16.5 Å². The van der Waals surface area contributed by atoms with Gasteiger partial charge < -0.3 is 10.6 Å². The lowest BCUT2D eigenvalue weighted by atomic mass is 10.1. The molecule has 1 unspecified atom stereocenters. The molecule has 0 bridgehead atoms. The van der Waals surface area contributed by atoms with Gasteiger partial charge in [-0.15, -0.1) is 0 Å². The van der Waals surface area contributed by atoms with Crippen LogP contribution in [0.5, 0.6) is 0 Å². The average Bonchev–Trinajstić information content (AvgIpc) is 2.47. The minimum atomic E-state index is -0.516. The molecule has 2 aromatic carbocycles. The van der Waals surface area contributed by atoms with Gasteiger partial charge in [-0.2, -0.15) is 0 Å². The lowest BCUT2D eigenvalue weighted by molar-refractivity contribution is -0.120. The summed E-state index contributed by atoms with van der Waals surface area (Å²) >= 11 is 0. The van der Waals surface area contributed by atoms with Gasteiger partial charge in [0.05, 0.1) is 0 Å². The van der Waals surface area contributed by atoms with Crippen molar-refractivity contribution in [3.8, 4) is 0 Å². The molecule has 0 aliphatic rings. The third-order valence-corrected chi connectivity index (χ3v) is 3.02. The average molecular weight is 271 g/mol. The second-order valence-electron chi connectivity index (χ2n) is 4.46. The Hall–Kier alpha value is -2.56. The Balaban J connectivity index is 2.15. The zero-order valence-corrected chi connectivity index (χ0v) is 11.4. The van der Waals surface area contributed by atoms with E-state index in [2.05, 4.69) is 16.0 Å². The van der Waals surface area contributed by atoms with E-state index in [4.69, 9.17) is 0 Å². The molecule has 0 fully saturated rings. The number of hydrogen-bond donors (Lipinski definition) is 3. The van der Waals surface area contributed by atoms with E-state index in [1.54, 1.807) is 6.92 Å². The molecule has 0 spiro atoms. The molecule has 2 aromatic rings. The van der Waals surface area contributed by atoms with Gasteiger partial charge in [0.1, 0.15) is 6.04 Å². The number of imide groups is 1. The smallest absolute Gasteiger partial charge is 0.321 e. The third-order valence-electron chi connectivity index (χ3n) is 3.02. The van der Waals surface area contributed by atoms with Crippen LogP contribution in [0.2, 0.25) is 0 Å². The number of carbonyl (C=O) groups is 2. The fourth-order valence-electron chi connectivity index (χ4n) is 1.93. The minimum Gasteiger partial charge on any atom is -0.373 e. The highest BCUT2D eigenvalue weighted by Crippen LogP contribution is 2.23. The number of amides is 3. The Kier molecular flexibility index (Phi) is 4.20. The predicted octanol–water partition coefficient (Wildman–Crippen LogP) is 2.10. The molecular formula is C15H17N3O2. The van der Waals surface area contributed by atoms with Crippen LogP contribution in [-0.4, -0.2) is 25.0 Å². The van der Waals surface area contributed by atoms with E-state index in [0.29, 0.717) is 0 Å². The molecule has 3 amide bonds. The molecule has 5 heteroatoms. The quantitative estimate of drug-likeness (QED) is 0.800. The van der Waals surface area contributed by atoms with E-state index in [1.807, 2.05) is 42.5 Å². The first-order valence-corrected chi connectivity index (χ1v) is 6.38. The normalized spacial score (nSPS) is 11.7. The van der Waals surface area contributed by atoms with Crippen molar-refractivity contribution < 1.29 is 9.59 Å². The van der Waals surface area contributed by atoms with Crippen molar-refractivity contribution >= 4 is 28.4 Å². The summed E-state index contributed by atoms with van der Waals surface area (Å²) in [4.78, 5) is 22.9. The van der Waals surface area contributed by atoms with Gasteiger partial charge >= 0.3 is 6.03 Å². The van der Waals surface area contributed by atoms with Crippen LogP contribution in [0.25, 0.3) is 10.8 Å². The molecule has 1 atom stereocenters. The molecule has 0 aliphatic heterocycles. The number of urea groups is 1. The number of nitrogens with one attached hydrogen (secondary N) is 3. The summed E-state index contributed by atoms with van der Waals surface area (Å²) in [5.41, 5.74) is 0.864. The first-order valence-electron chi connectivity index (χ1n) is 6.38. The largest absolute Gasteiger partial charge is 0.373 e. The molecule has 0 heterocycles. The van der Waals surface area contributed by atoms with Crippen molar-refractivity contribution in [3.63, 3.8) is 0 Å². The highest BCUT2D eigenvalue weighted by molar-refractivity contribution is 6.00. The molecule has 20 heavy (non-hydrogen) atoms. The second kappa shape index (κ2) is 6.06. The van der Waals surface area contributed by atoms with E-state index in [9.17, 15) is 9.59 Å². The number of anilines is 1. The van der Waals surface area contributed by atoms with Crippen molar-refractivity contribution in [1.29, 1.82) is 0 Å². The van der Waals surface area contributed by atoms with Crippen molar-refractivity contribution in [3.05, 3.63) is 42.5 Å². The third kappa shape index (κ3) is 3.06. The number of rotatable bonds is 3. The fourth-order valence-corrected chi connectivity index (χ4v) is 1.93. The number of benzene rings is 2. The molecule has 3 N–H and O–H groups in total. The summed E-state index contributed by atoms with van der Waals surface area (Å²) < 4.78 is 0. The molecular weight excluding hydrogens is 254 g/mol. The van der Waals surface area contributed by atoms with E-state index in [1.165, 1.54) is 7.05 Å². The SMILES string of the molecule is CNC(=O)NC(=O)C(C)Nc1cccc2ccccc12. The van der Waals surface area contributed by atoms with Crippen LogP contribution in [0.3, 0.4) is 0 Å². The summed E-state index contributed by atoms with van der Waals surface area (Å²) in [7, 11) is 1.46. The van der Waals surface area contributed by atoms with Crippen LogP contribution in [0.4, 0.5) is 10.5 Å². The zero-order valence-electron chi connectivity index (χ0n) is 11.4. The molecule has 104 valence electrons. The summed E-state index contributed by atoms with van der Waals surface area (Å²) in [6.45, 7) is 1.71. The Morgan fingerprint density at radius 2 is 1.75 bits per heavy atom. The first-order chi connectivity index (χ1) is 9.61. The molecule has 0 aromatic heterocycles. The zero-order chi connectivity index (χ0) is 14.5. The fraction of sp³-hybridized carbons (Fsp3) is 0.200. The van der Waals surface area contributed by atoms with Crippen LogP contribution >= 0.6 is 0 Å². The van der Waals surface area contributed by atoms with Gasteiger partial charge in [-0.3, -0.25) is 10.1 Å². The first kappa shape index (κ1) is 13.9. The Bertz CT molecular complexity index is 635. The van der Waals surface area contributed by atoms with Crippen LogP contribution in [0.15, 0.2) is 42.5 Å². The van der Waals surface area contributed by atoms with Crippen LogP contribution < -0.4 is 16.0 Å². The van der Waals surface area contributed by atoms with Gasteiger partial charge in [-0.25, -0.2) is 4.79 Å². The monoisotopic (exact) mass is 271 g/mol. The molecule has 5 nitrogen and oxygen atoms in total. The summed E-state index contributed by atoms with van der Waals surface area (Å²) in [5, 5.41) is 9.84. The maximum absolute atomic E-state index is 11.8. The molecule has 0 saturated carbocycles. The van der Waals surface area contributed by atoms with E-state index < -0.39 is 12.1 Å². The molecule has 0 saturated heterocycles. The van der Waals surface area contributed by atoms with Gasteiger partial charge in [-0.1, -0.05) is 36.4 Å². The number of carbonyl (C=O) groups excluding carboxylic acids is 2. The van der Waals surface area contributed by atoms with Gasteiger partial charge in [0, 0.05) is 18.1 Å². The maximum Gasteiger partial charge on any atom is 0.321 e. The van der Waals surface area contributed by atoms with Crippen LogP contribution in [0.1, 0.15) is 6.92 Å². The lowest BCUT2D eigenvalue weighted by Gasteiger charge is -2.16. The second-order valence-corrected chi connectivity index (χ2v) is 4.46. The van der Waals surface area contributed by atoms with E-state index in [-0.39, 0.29) is 5.91 Å². The molecule has 2 rings (SSSR count). The van der Waals surface area contributed by atoms with Gasteiger partial charge in [0.2, 0.25) is 5.91 Å². The minimum absolute atomic E-state index is 0.378. The standard InChI is InChI=1S/C15H17N3O2/c1-10(14(19)18-15(20)16-2)17-13-9-5-7-11-6-3-4-8-12(11)13/h3-10,17H,1-2H3,(H2,16,18,19,20). The molecule has 0 aliphatic carbocycles. The van der Waals surface area contributed by atoms with Crippen molar-refractivity contribution in [1.82, 2.24) is 10.6 Å². The summed E-state index contributed by atoms with van der Waals surface area (Å²) in [5.74, 6) is -0.378. The number of hydrogen-bond acceptors (Lipinski definition) is 3. The highest BCUT2D eigenvalue weighted by Gasteiger charge is 2.15. The molecule has 0 radical (unpaired) electrons. The topological polar surface area (TPSA) is 70.2 Å². The van der Waals surface area contributed by atoms with Gasteiger partial charge in [0.15, 0.2) is 0 Å². The van der Waals surface area contributed by atoms with Crippen molar-refractivity contribution in [2.75, 3.05) is 12.4 Å². The Morgan fingerprint density at radius 1 is 1.05 bits per heavy atom. The number of fused-ring (bicyclic) bond motifs is 1. The van der Waals surface area contributed by atoms with Crippen molar-refractivity contribution in [2.24, 2.45) is 0 Å². The van der Waals surface area contributed by atoms with E-state index >= 15 is 0 Å². The van der Waals surface area contributed by atoms with Crippen molar-refractivity contribution in [2.45, 2.75) is 13.0 Å². The highest BCUT2D eigenvalue weighted by atomic mass is 16.2. The lowest BCUT2D eigenvalue weighted by Crippen LogP contribution is -2.44. The predicted molar refractivity (Wildman–Crippen MR) is 79.6 cm³/mol. The summed E-state index contributed by atoms with van der Waals surface area (Å²) in [6, 6.07) is 12.7. The van der Waals surface area contributed by atoms with Gasteiger partial charge in [0.25, 0.3) is 0 Å².